The van der Waals surface area contributed by atoms with Crippen LogP contribution in [0.2, 0.25) is 0 Å². The van der Waals surface area contributed by atoms with E-state index in [0.29, 0.717) is 24.7 Å². The van der Waals surface area contributed by atoms with E-state index in [9.17, 15) is 9.90 Å². The van der Waals surface area contributed by atoms with Crippen molar-refractivity contribution in [1.29, 1.82) is 0 Å². The van der Waals surface area contributed by atoms with Gasteiger partial charge in [0.2, 0.25) is 0 Å². The summed E-state index contributed by atoms with van der Waals surface area (Å²) in [4.78, 5) is 10.4. The normalized spacial score (nSPS) is 10.6. The van der Waals surface area contributed by atoms with Crippen molar-refractivity contribution in [2.75, 3.05) is 13.2 Å². The van der Waals surface area contributed by atoms with Crippen LogP contribution in [0.3, 0.4) is 0 Å². The average molecular weight is 263 g/mol. The molecule has 0 N–H and O–H groups in total. The predicted octanol–water partition coefficient (Wildman–Crippen LogP) is 2.03. The van der Waals surface area contributed by atoms with Crippen molar-refractivity contribution in [2.45, 2.75) is 26.7 Å². The molecule has 4 heteroatoms. The Labute approximate surface area is 113 Å². The third kappa shape index (κ3) is 5.46. The fraction of sp³-hybridized carbons (Fsp3) is 0.400. The third-order valence-corrected chi connectivity index (χ3v) is 2.43. The van der Waals surface area contributed by atoms with Crippen molar-refractivity contribution in [2.24, 2.45) is 0 Å². The standard InChI is InChI=1S/C15H20O4/c1-3-5-10-19-13-8-6-12(7-9-15(16)17)11-14(13)18-4-2/h6-9,11H,3-5,10H2,1-2H3,(H,16,17)/p-1/b9-7+. The SMILES string of the molecule is CCCCOc1ccc(/C=C/C(=O)[O-])cc1OCC. The predicted molar refractivity (Wildman–Crippen MR) is 72.1 cm³/mol. The summed E-state index contributed by atoms with van der Waals surface area (Å²) in [5.74, 6) is 0.0845. The monoisotopic (exact) mass is 263 g/mol. The molecule has 1 aromatic carbocycles. The van der Waals surface area contributed by atoms with Crippen molar-refractivity contribution in [3.8, 4) is 11.5 Å². The molecule has 0 bridgehead atoms. The first-order chi connectivity index (χ1) is 9.17. The Morgan fingerprint density at radius 2 is 2.05 bits per heavy atom. The number of hydrogen-bond donors (Lipinski definition) is 0. The van der Waals surface area contributed by atoms with E-state index in [1.54, 1.807) is 18.2 Å². The summed E-state index contributed by atoms with van der Waals surface area (Å²) in [6.07, 6.45) is 4.50. The van der Waals surface area contributed by atoms with Crippen LogP contribution in [-0.2, 0) is 4.79 Å². The van der Waals surface area contributed by atoms with Gasteiger partial charge in [0.15, 0.2) is 11.5 Å². The lowest BCUT2D eigenvalue weighted by molar-refractivity contribution is -0.297. The lowest BCUT2D eigenvalue weighted by Gasteiger charge is -2.12. The molecule has 4 nitrogen and oxygen atoms in total. The van der Waals surface area contributed by atoms with Gasteiger partial charge in [-0.05, 0) is 37.1 Å². The van der Waals surface area contributed by atoms with Crippen molar-refractivity contribution >= 4 is 12.0 Å². The molecule has 0 atom stereocenters. The third-order valence-electron chi connectivity index (χ3n) is 2.43. The highest BCUT2D eigenvalue weighted by Gasteiger charge is 2.05. The quantitative estimate of drug-likeness (QED) is 0.532. The second-order valence-electron chi connectivity index (χ2n) is 3.99. The minimum atomic E-state index is -1.22. The molecule has 1 rings (SSSR count). The Balaban J connectivity index is 2.84. The van der Waals surface area contributed by atoms with Crippen LogP contribution < -0.4 is 14.6 Å². The summed E-state index contributed by atoms with van der Waals surface area (Å²) in [5.41, 5.74) is 0.732. The van der Waals surface area contributed by atoms with E-state index in [1.807, 2.05) is 6.92 Å². The molecule has 0 amide bonds. The molecule has 19 heavy (non-hydrogen) atoms. The van der Waals surface area contributed by atoms with Crippen LogP contribution in [0.1, 0.15) is 32.3 Å². The average Bonchev–Trinajstić information content (AvgIpc) is 2.39. The van der Waals surface area contributed by atoms with Gasteiger partial charge in [0.25, 0.3) is 0 Å². The maximum Gasteiger partial charge on any atom is 0.161 e. The van der Waals surface area contributed by atoms with Crippen molar-refractivity contribution < 1.29 is 19.4 Å². The summed E-state index contributed by atoms with van der Waals surface area (Å²) in [6.45, 7) is 5.16. The number of aliphatic carboxylic acids is 1. The number of ether oxygens (including phenoxy) is 2. The molecule has 0 aromatic heterocycles. The van der Waals surface area contributed by atoms with Gasteiger partial charge in [0.1, 0.15) is 0 Å². The van der Waals surface area contributed by atoms with Gasteiger partial charge in [0.05, 0.1) is 19.2 Å². The number of carboxylic acids is 1. The second-order valence-corrected chi connectivity index (χ2v) is 3.99. The first kappa shape index (κ1) is 15.1. The number of carbonyl (C=O) groups excluding carboxylic acids is 1. The van der Waals surface area contributed by atoms with Gasteiger partial charge in [-0.2, -0.15) is 0 Å². The van der Waals surface area contributed by atoms with Gasteiger partial charge < -0.3 is 19.4 Å². The topological polar surface area (TPSA) is 58.6 Å². The molecular formula is C15H19O4-. The van der Waals surface area contributed by atoms with E-state index in [2.05, 4.69) is 6.92 Å². The number of carbonyl (C=O) groups is 1. The van der Waals surface area contributed by atoms with E-state index in [4.69, 9.17) is 9.47 Å². The van der Waals surface area contributed by atoms with Crippen molar-refractivity contribution in [3.05, 3.63) is 29.8 Å². The Morgan fingerprint density at radius 3 is 2.68 bits per heavy atom. The molecule has 0 aliphatic rings. The molecule has 0 spiro atoms. The fourth-order valence-corrected chi connectivity index (χ4v) is 1.51. The summed E-state index contributed by atoms with van der Waals surface area (Å²) in [6, 6.07) is 5.32. The smallest absolute Gasteiger partial charge is 0.161 e. The van der Waals surface area contributed by atoms with E-state index in [-0.39, 0.29) is 0 Å². The highest BCUT2D eigenvalue weighted by molar-refractivity contribution is 5.83. The number of unbranched alkanes of at least 4 members (excludes halogenated alkanes) is 1. The molecule has 104 valence electrons. The number of benzene rings is 1. The van der Waals surface area contributed by atoms with Crippen LogP contribution in [0.15, 0.2) is 24.3 Å². The molecule has 0 aliphatic heterocycles. The maximum atomic E-state index is 10.4. The van der Waals surface area contributed by atoms with E-state index in [0.717, 1.165) is 24.5 Å². The molecule has 0 heterocycles. The van der Waals surface area contributed by atoms with Gasteiger partial charge in [-0.1, -0.05) is 25.5 Å². The molecule has 0 fully saturated rings. The number of carboxylic acid groups (broad SMARTS) is 1. The minimum Gasteiger partial charge on any atom is -0.545 e. The highest BCUT2D eigenvalue weighted by atomic mass is 16.5. The Kier molecular flexibility index (Phi) is 6.50. The van der Waals surface area contributed by atoms with Gasteiger partial charge in [-0.3, -0.25) is 0 Å². The van der Waals surface area contributed by atoms with Crippen LogP contribution in [0.5, 0.6) is 11.5 Å². The zero-order valence-corrected chi connectivity index (χ0v) is 11.3. The minimum absolute atomic E-state index is 0.526. The van der Waals surface area contributed by atoms with E-state index >= 15 is 0 Å². The van der Waals surface area contributed by atoms with Gasteiger partial charge in [-0.25, -0.2) is 0 Å². The molecule has 1 aromatic rings. The van der Waals surface area contributed by atoms with Crippen molar-refractivity contribution in [1.82, 2.24) is 0 Å². The number of hydrogen-bond acceptors (Lipinski definition) is 4. The van der Waals surface area contributed by atoms with Crippen LogP contribution in [0, 0.1) is 0 Å². The lowest BCUT2D eigenvalue weighted by atomic mass is 10.2. The zero-order chi connectivity index (χ0) is 14.1. The van der Waals surface area contributed by atoms with Crippen LogP contribution in [-0.4, -0.2) is 19.2 Å². The largest absolute Gasteiger partial charge is 0.545 e. The van der Waals surface area contributed by atoms with Crippen molar-refractivity contribution in [3.63, 3.8) is 0 Å². The molecule has 0 saturated heterocycles. The lowest BCUT2D eigenvalue weighted by Crippen LogP contribution is -2.18. The molecule has 0 saturated carbocycles. The Morgan fingerprint density at radius 1 is 1.26 bits per heavy atom. The highest BCUT2D eigenvalue weighted by Crippen LogP contribution is 2.29. The summed E-state index contributed by atoms with van der Waals surface area (Å²) < 4.78 is 11.1. The molecule has 0 radical (unpaired) electrons. The first-order valence-electron chi connectivity index (χ1n) is 6.46. The second kappa shape index (κ2) is 8.19. The molecule has 0 aliphatic carbocycles. The summed E-state index contributed by atoms with van der Waals surface area (Å²) >= 11 is 0. The number of rotatable bonds is 8. The zero-order valence-electron chi connectivity index (χ0n) is 11.3. The van der Waals surface area contributed by atoms with Crippen LogP contribution >= 0.6 is 0 Å². The summed E-state index contributed by atoms with van der Waals surface area (Å²) in [7, 11) is 0. The van der Waals surface area contributed by atoms with Gasteiger partial charge in [0, 0.05) is 0 Å². The van der Waals surface area contributed by atoms with Crippen LogP contribution in [0.25, 0.3) is 6.08 Å². The van der Waals surface area contributed by atoms with Gasteiger partial charge in [-0.15, -0.1) is 0 Å². The molecular weight excluding hydrogens is 244 g/mol. The van der Waals surface area contributed by atoms with E-state index < -0.39 is 5.97 Å². The Bertz CT molecular complexity index is 438. The van der Waals surface area contributed by atoms with E-state index in [1.165, 1.54) is 6.08 Å². The summed E-state index contributed by atoms with van der Waals surface area (Å²) in [5, 5.41) is 10.4. The fourth-order valence-electron chi connectivity index (χ4n) is 1.51. The van der Waals surface area contributed by atoms with Crippen LogP contribution in [0.4, 0.5) is 0 Å². The Hall–Kier alpha value is -1.97. The first-order valence-corrected chi connectivity index (χ1v) is 6.46. The molecule has 0 unspecified atom stereocenters. The maximum absolute atomic E-state index is 10.4. The van der Waals surface area contributed by atoms with Gasteiger partial charge >= 0.3 is 0 Å².